The highest BCUT2D eigenvalue weighted by molar-refractivity contribution is 5.40. The molecule has 2 rings (SSSR count). The van der Waals surface area contributed by atoms with E-state index in [1.807, 2.05) is 0 Å². The number of nitrogens with two attached hydrogens (primary N) is 1. The number of hydrogen-bond acceptors (Lipinski definition) is 1. The van der Waals surface area contributed by atoms with E-state index in [4.69, 9.17) is 5.73 Å². The minimum Gasteiger partial charge on any atom is -0.402 e. The van der Waals surface area contributed by atoms with E-state index in [0.717, 1.165) is 31.4 Å². The van der Waals surface area contributed by atoms with Gasteiger partial charge in [-0.1, -0.05) is 57.2 Å². The molecule has 0 aromatic heterocycles. The lowest BCUT2D eigenvalue weighted by Gasteiger charge is -2.32. The summed E-state index contributed by atoms with van der Waals surface area (Å²) in [5, 5.41) is 0. The van der Waals surface area contributed by atoms with E-state index in [1.54, 1.807) is 5.57 Å². The van der Waals surface area contributed by atoms with Crippen LogP contribution < -0.4 is 5.73 Å². The number of rotatable bonds is 4. The zero-order valence-electron chi connectivity index (χ0n) is 13.4. The van der Waals surface area contributed by atoms with E-state index in [2.05, 4.69) is 46.1 Å². The first kappa shape index (κ1) is 15.2. The summed E-state index contributed by atoms with van der Waals surface area (Å²) < 4.78 is 0. The second kappa shape index (κ2) is 5.27. The number of hydrogen-bond donors (Lipinski definition) is 1. The predicted octanol–water partition coefficient (Wildman–Crippen LogP) is 5.27. The molecule has 2 aliphatic carbocycles. The molecule has 0 bridgehead atoms. The van der Waals surface area contributed by atoms with Gasteiger partial charge in [0.25, 0.3) is 0 Å². The van der Waals surface area contributed by atoms with Gasteiger partial charge in [0.05, 0.1) is 0 Å². The fourth-order valence-electron chi connectivity index (χ4n) is 3.74. The first-order valence-corrected chi connectivity index (χ1v) is 7.71. The van der Waals surface area contributed by atoms with Crippen molar-refractivity contribution in [2.45, 2.75) is 59.3 Å². The van der Waals surface area contributed by atoms with Crippen LogP contribution in [0.3, 0.4) is 0 Å². The molecule has 0 saturated heterocycles. The molecule has 1 heteroatoms. The molecule has 0 aromatic carbocycles. The highest BCUT2D eigenvalue weighted by atomic mass is 14.7. The SMILES string of the molecule is C=C(CC(C)(C)C)CC1(C(=C)N)CC2=C(CCC=C2)C1. The van der Waals surface area contributed by atoms with Gasteiger partial charge in [-0.25, -0.2) is 0 Å². The third kappa shape index (κ3) is 3.26. The molecule has 0 aromatic rings. The maximum absolute atomic E-state index is 6.21. The first-order chi connectivity index (χ1) is 9.22. The summed E-state index contributed by atoms with van der Waals surface area (Å²) in [6.07, 6.45) is 11.2. The van der Waals surface area contributed by atoms with Crippen LogP contribution in [0, 0.1) is 10.8 Å². The molecule has 20 heavy (non-hydrogen) atoms. The van der Waals surface area contributed by atoms with E-state index >= 15 is 0 Å². The van der Waals surface area contributed by atoms with Gasteiger partial charge in [0, 0.05) is 11.1 Å². The van der Waals surface area contributed by atoms with Crippen molar-refractivity contribution < 1.29 is 0 Å². The summed E-state index contributed by atoms with van der Waals surface area (Å²) in [5.41, 5.74) is 11.8. The van der Waals surface area contributed by atoms with Crippen LogP contribution in [-0.4, -0.2) is 0 Å². The lowest BCUT2D eigenvalue weighted by molar-refractivity contribution is 0.337. The molecular weight excluding hydrogens is 242 g/mol. The van der Waals surface area contributed by atoms with Crippen LogP contribution in [0.5, 0.6) is 0 Å². The summed E-state index contributed by atoms with van der Waals surface area (Å²) in [5.74, 6) is 0. The Labute approximate surface area is 124 Å². The van der Waals surface area contributed by atoms with Crippen LogP contribution in [0.15, 0.2) is 47.7 Å². The van der Waals surface area contributed by atoms with Gasteiger partial charge >= 0.3 is 0 Å². The Kier molecular flexibility index (Phi) is 4.00. The van der Waals surface area contributed by atoms with E-state index < -0.39 is 0 Å². The summed E-state index contributed by atoms with van der Waals surface area (Å²) in [6, 6.07) is 0. The topological polar surface area (TPSA) is 26.0 Å². The van der Waals surface area contributed by atoms with Gasteiger partial charge in [-0.3, -0.25) is 0 Å². The predicted molar refractivity (Wildman–Crippen MR) is 88.2 cm³/mol. The second-order valence-electron chi connectivity index (χ2n) is 7.89. The van der Waals surface area contributed by atoms with Crippen LogP contribution in [0.25, 0.3) is 0 Å². The summed E-state index contributed by atoms with van der Waals surface area (Å²) >= 11 is 0. The van der Waals surface area contributed by atoms with Crippen LogP contribution in [0.2, 0.25) is 0 Å². The molecule has 0 spiro atoms. The Morgan fingerprint density at radius 3 is 2.55 bits per heavy atom. The Morgan fingerprint density at radius 1 is 1.30 bits per heavy atom. The average molecular weight is 271 g/mol. The van der Waals surface area contributed by atoms with E-state index in [1.165, 1.54) is 24.0 Å². The summed E-state index contributed by atoms with van der Waals surface area (Å²) in [6.45, 7) is 15.2. The van der Waals surface area contributed by atoms with E-state index in [9.17, 15) is 0 Å². The van der Waals surface area contributed by atoms with Crippen LogP contribution in [0.1, 0.15) is 59.3 Å². The largest absolute Gasteiger partial charge is 0.402 e. The molecule has 110 valence electrons. The lowest BCUT2D eigenvalue weighted by atomic mass is 9.73. The van der Waals surface area contributed by atoms with E-state index in [0.29, 0.717) is 5.41 Å². The molecule has 0 heterocycles. The first-order valence-electron chi connectivity index (χ1n) is 7.71. The van der Waals surface area contributed by atoms with Gasteiger partial charge in [-0.15, -0.1) is 0 Å². The fourth-order valence-corrected chi connectivity index (χ4v) is 3.74. The zero-order chi connectivity index (χ0) is 15.0. The Balaban J connectivity index is 2.12. The van der Waals surface area contributed by atoms with Crippen molar-refractivity contribution in [2.24, 2.45) is 16.6 Å². The second-order valence-corrected chi connectivity index (χ2v) is 7.89. The van der Waals surface area contributed by atoms with Crippen molar-refractivity contribution in [3.8, 4) is 0 Å². The Bertz CT molecular complexity index is 484. The van der Waals surface area contributed by atoms with Gasteiger partial charge in [0.2, 0.25) is 0 Å². The minimum absolute atomic E-state index is 0.0294. The minimum atomic E-state index is 0.0294. The van der Waals surface area contributed by atoms with Gasteiger partial charge in [-0.05, 0) is 49.5 Å². The van der Waals surface area contributed by atoms with Crippen molar-refractivity contribution >= 4 is 0 Å². The smallest absolute Gasteiger partial charge is 0.0207 e. The number of allylic oxidation sites excluding steroid dienone is 6. The van der Waals surface area contributed by atoms with Gasteiger partial charge in [0.15, 0.2) is 0 Å². The Morgan fingerprint density at radius 2 is 2.00 bits per heavy atom. The standard InChI is InChI=1S/C19H29N/c1-14(10-18(3,4)5)11-19(15(2)20)12-16-8-6-7-9-17(16)13-19/h6,8H,1-2,7,9-13,20H2,3-5H3. The van der Waals surface area contributed by atoms with Crippen LogP contribution in [-0.2, 0) is 0 Å². The van der Waals surface area contributed by atoms with Gasteiger partial charge in [-0.2, -0.15) is 0 Å². The highest BCUT2D eigenvalue weighted by Gasteiger charge is 2.40. The molecule has 0 aliphatic heterocycles. The normalized spacial score (nSPS) is 25.8. The highest BCUT2D eigenvalue weighted by Crippen LogP contribution is 2.52. The molecule has 1 atom stereocenters. The van der Waals surface area contributed by atoms with Crippen molar-refractivity contribution in [3.05, 3.63) is 47.7 Å². The molecule has 0 amide bonds. The van der Waals surface area contributed by atoms with Gasteiger partial charge < -0.3 is 5.73 Å². The molecule has 1 nitrogen and oxygen atoms in total. The molecule has 2 N–H and O–H groups in total. The maximum Gasteiger partial charge on any atom is 0.0207 e. The van der Waals surface area contributed by atoms with Crippen molar-refractivity contribution in [1.29, 1.82) is 0 Å². The third-order valence-electron chi connectivity index (χ3n) is 4.52. The van der Waals surface area contributed by atoms with Gasteiger partial charge in [0.1, 0.15) is 0 Å². The molecule has 1 unspecified atom stereocenters. The van der Waals surface area contributed by atoms with Crippen molar-refractivity contribution in [2.75, 3.05) is 0 Å². The molecular formula is C19H29N. The molecule has 0 fully saturated rings. The fraction of sp³-hybridized carbons (Fsp3) is 0.579. The molecule has 2 aliphatic rings. The monoisotopic (exact) mass is 271 g/mol. The lowest BCUT2D eigenvalue weighted by Crippen LogP contribution is -2.26. The third-order valence-corrected chi connectivity index (χ3v) is 4.52. The van der Waals surface area contributed by atoms with Crippen LogP contribution >= 0.6 is 0 Å². The zero-order valence-corrected chi connectivity index (χ0v) is 13.4. The van der Waals surface area contributed by atoms with Crippen molar-refractivity contribution in [1.82, 2.24) is 0 Å². The van der Waals surface area contributed by atoms with E-state index in [-0.39, 0.29) is 5.41 Å². The quantitative estimate of drug-likeness (QED) is 0.693. The van der Waals surface area contributed by atoms with Crippen LogP contribution in [0.4, 0.5) is 0 Å². The van der Waals surface area contributed by atoms with Crippen molar-refractivity contribution in [3.63, 3.8) is 0 Å². The summed E-state index contributed by atoms with van der Waals surface area (Å²) in [7, 11) is 0. The average Bonchev–Trinajstić information content (AvgIpc) is 2.65. The summed E-state index contributed by atoms with van der Waals surface area (Å²) in [4.78, 5) is 0. The Hall–Kier alpha value is -1.24. The molecule has 0 radical (unpaired) electrons. The maximum atomic E-state index is 6.21. The molecule has 0 saturated carbocycles.